The molecule has 0 radical (unpaired) electrons. The average molecular weight is 680 g/mol. The van der Waals surface area contributed by atoms with Crippen LogP contribution in [0.3, 0.4) is 0 Å². The van der Waals surface area contributed by atoms with E-state index in [1.807, 2.05) is 74.5 Å². The molecule has 1 saturated heterocycles. The monoisotopic (exact) mass is 679 g/mol. The highest BCUT2D eigenvalue weighted by Gasteiger charge is 2.67. The van der Waals surface area contributed by atoms with Gasteiger partial charge < -0.3 is 25.3 Å². The Labute approximate surface area is 282 Å². The zero-order chi connectivity index (χ0) is 35.2. The second-order valence-corrected chi connectivity index (χ2v) is 15.5. The van der Waals surface area contributed by atoms with Gasteiger partial charge in [-0.1, -0.05) is 105 Å². The van der Waals surface area contributed by atoms with Gasteiger partial charge in [0.05, 0.1) is 6.04 Å². The summed E-state index contributed by atoms with van der Waals surface area (Å²) in [4.78, 5) is 41.2. The van der Waals surface area contributed by atoms with Crippen LogP contribution in [0.5, 0.6) is 0 Å². The molecule has 1 fully saturated rings. The van der Waals surface area contributed by atoms with Crippen molar-refractivity contribution in [2.45, 2.75) is 81.9 Å². The molecule has 0 bridgehead atoms. The molecule has 3 aromatic carbocycles. The molecule has 11 nitrogen and oxygen atoms in total. The Balaban J connectivity index is 1.60. The van der Waals surface area contributed by atoms with E-state index in [-0.39, 0.29) is 12.5 Å². The van der Waals surface area contributed by atoms with Crippen LogP contribution in [-0.2, 0) is 46.7 Å². The number of carbonyl (C=O) groups is 3. The topological polar surface area (TPSA) is 166 Å². The summed E-state index contributed by atoms with van der Waals surface area (Å²) in [6.07, 6.45) is 0.837. The van der Waals surface area contributed by atoms with Crippen molar-refractivity contribution in [2.75, 3.05) is 6.26 Å². The van der Waals surface area contributed by atoms with Gasteiger partial charge in [0.2, 0.25) is 5.54 Å². The number of benzene rings is 3. The van der Waals surface area contributed by atoms with Gasteiger partial charge in [-0.15, -0.1) is 0 Å². The summed E-state index contributed by atoms with van der Waals surface area (Å²) in [5.74, 6) is -4.56. The highest BCUT2D eigenvalue weighted by atomic mass is 32.2. The zero-order valence-electron chi connectivity index (χ0n) is 28.0. The van der Waals surface area contributed by atoms with E-state index in [1.54, 1.807) is 30.3 Å². The third-order valence-corrected chi connectivity index (χ3v) is 11.0. The fourth-order valence-electron chi connectivity index (χ4n) is 5.38. The number of rotatable bonds is 15. The van der Waals surface area contributed by atoms with Crippen LogP contribution in [0.15, 0.2) is 91.0 Å². The number of aryl methyl sites for hydroxylation is 1. The van der Waals surface area contributed by atoms with Crippen LogP contribution in [0, 0.1) is 5.92 Å². The van der Waals surface area contributed by atoms with Crippen LogP contribution in [-0.4, -0.2) is 54.9 Å². The quantitative estimate of drug-likeness (QED) is 0.0903. The van der Waals surface area contributed by atoms with Gasteiger partial charge in [-0.2, -0.15) is 0 Å². The Kier molecular flexibility index (Phi) is 11.3. The summed E-state index contributed by atoms with van der Waals surface area (Å²) in [6.45, 7) is 5.96. The summed E-state index contributed by atoms with van der Waals surface area (Å²) >= 11 is 0. The number of amides is 2. The van der Waals surface area contributed by atoms with Gasteiger partial charge in [-0.25, -0.2) is 18.0 Å². The third kappa shape index (κ3) is 8.23. The number of nitrogens with two attached hydrogens (primary N) is 1. The maximum Gasteiger partial charge on any atom is 0.411 e. The molecule has 258 valence electrons. The maximum atomic E-state index is 14.1. The number of esters is 1. The standard InChI is InChI=1S/C36H45N3O8S/c1-25(2)30(28-21-13-8-14-22-28)38-33(42)47-36(29(46-36)23-15-20-26-16-9-6-10-17-26)39-31(40)35(37,34(3,4)48(5,43)44)32(41)45-24-27-18-11-7-12-19-27/h6-14,16-19,21-22,25,29-30H,15,20,23-24,37H2,1-5H3,(H,38,42)(H,39,40)/t29-,30-,35-,36?/m0/s1. The summed E-state index contributed by atoms with van der Waals surface area (Å²) in [6, 6.07) is 27.3. The van der Waals surface area contributed by atoms with E-state index < -0.39 is 56.1 Å². The molecule has 2 amide bonds. The molecule has 1 aliphatic heterocycles. The van der Waals surface area contributed by atoms with Crippen molar-refractivity contribution in [3.63, 3.8) is 0 Å². The lowest BCUT2D eigenvalue weighted by atomic mass is 9.85. The first-order chi connectivity index (χ1) is 22.6. The normalized spacial score (nSPS) is 19.4. The SMILES string of the molecule is CC(C)[C@H](NC(=O)OC1(NC(=O)[C@](N)(C(=O)OCc2ccccc2)C(C)(C)S(C)(=O)=O)O[C@H]1CCCc1ccccc1)c1ccccc1. The van der Waals surface area contributed by atoms with E-state index in [0.29, 0.717) is 24.8 Å². The fourth-order valence-corrected chi connectivity index (χ4v) is 6.14. The van der Waals surface area contributed by atoms with Gasteiger partial charge in [0.25, 0.3) is 5.91 Å². The second kappa shape index (κ2) is 14.9. The Morgan fingerprint density at radius 2 is 1.46 bits per heavy atom. The molecule has 1 heterocycles. The molecule has 0 spiro atoms. The van der Waals surface area contributed by atoms with Crippen LogP contribution < -0.4 is 16.4 Å². The maximum absolute atomic E-state index is 14.1. The van der Waals surface area contributed by atoms with Crippen molar-refractivity contribution < 1.29 is 37.0 Å². The highest BCUT2D eigenvalue weighted by Crippen LogP contribution is 2.41. The van der Waals surface area contributed by atoms with Crippen molar-refractivity contribution in [1.82, 2.24) is 10.6 Å². The minimum atomic E-state index is -4.15. The number of epoxide rings is 1. The summed E-state index contributed by atoms with van der Waals surface area (Å²) < 4.78 is 40.9. The smallest absolute Gasteiger partial charge is 0.411 e. The lowest BCUT2D eigenvalue weighted by Crippen LogP contribution is -2.74. The molecule has 3 aromatic rings. The van der Waals surface area contributed by atoms with Crippen LogP contribution in [0.1, 0.15) is 63.3 Å². The molecule has 1 unspecified atom stereocenters. The Bertz CT molecular complexity index is 1670. The fraction of sp³-hybridized carbons (Fsp3) is 0.417. The van der Waals surface area contributed by atoms with E-state index >= 15 is 0 Å². The Morgan fingerprint density at radius 3 is 2.00 bits per heavy atom. The summed E-state index contributed by atoms with van der Waals surface area (Å²) in [7, 11) is -4.15. The Hall–Kier alpha value is -4.26. The molecule has 1 aliphatic rings. The summed E-state index contributed by atoms with van der Waals surface area (Å²) in [5.41, 5.74) is 6.28. The van der Waals surface area contributed by atoms with E-state index in [4.69, 9.17) is 19.9 Å². The predicted molar refractivity (Wildman–Crippen MR) is 181 cm³/mol. The second-order valence-electron chi connectivity index (χ2n) is 12.9. The number of carbonyl (C=O) groups excluding carboxylic acids is 3. The van der Waals surface area contributed by atoms with E-state index in [2.05, 4.69) is 10.6 Å². The molecule has 0 aromatic heterocycles. The molecule has 0 saturated carbocycles. The van der Waals surface area contributed by atoms with Gasteiger partial charge in [0.1, 0.15) is 11.4 Å². The van der Waals surface area contributed by atoms with Crippen molar-refractivity contribution >= 4 is 27.8 Å². The number of sulfone groups is 1. The van der Waals surface area contributed by atoms with Gasteiger partial charge in [0.15, 0.2) is 15.9 Å². The van der Waals surface area contributed by atoms with Crippen molar-refractivity contribution in [3.05, 3.63) is 108 Å². The molecule has 12 heteroatoms. The molecule has 4 atom stereocenters. The van der Waals surface area contributed by atoms with Crippen LogP contribution in [0.2, 0.25) is 0 Å². The number of alkyl carbamates (subject to hydrolysis) is 1. The van der Waals surface area contributed by atoms with Crippen LogP contribution >= 0.6 is 0 Å². The highest BCUT2D eigenvalue weighted by molar-refractivity contribution is 7.92. The van der Waals surface area contributed by atoms with E-state index in [1.165, 1.54) is 13.8 Å². The van der Waals surface area contributed by atoms with E-state index in [9.17, 15) is 22.8 Å². The molecule has 48 heavy (non-hydrogen) atoms. The molecule has 0 aliphatic carbocycles. The molecule has 4 rings (SSSR count). The predicted octanol–water partition coefficient (Wildman–Crippen LogP) is 4.57. The Morgan fingerprint density at radius 1 is 0.917 bits per heavy atom. The number of hydrogen-bond acceptors (Lipinski definition) is 9. The number of ether oxygens (including phenoxy) is 3. The minimum Gasteiger partial charge on any atom is -0.459 e. The van der Waals surface area contributed by atoms with Gasteiger partial charge in [0, 0.05) is 6.26 Å². The lowest BCUT2D eigenvalue weighted by Gasteiger charge is -2.39. The van der Waals surface area contributed by atoms with Crippen LogP contribution in [0.4, 0.5) is 4.79 Å². The van der Waals surface area contributed by atoms with Gasteiger partial charge in [-0.05, 0) is 55.7 Å². The average Bonchev–Trinajstić information content (AvgIpc) is 3.72. The van der Waals surface area contributed by atoms with Gasteiger partial charge >= 0.3 is 18.0 Å². The third-order valence-electron chi connectivity index (χ3n) is 8.86. The van der Waals surface area contributed by atoms with Crippen molar-refractivity contribution in [3.8, 4) is 0 Å². The molecular weight excluding hydrogens is 634 g/mol. The van der Waals surface area contributed by atoms with Crippen molar-refractivity contribution in [1.29, 1.82) is 0 Å². The first kappa shape index (κ1) is 36.6. The molecular formula is C36H45N3O8S. The first-order valence-electron chi connectivity index (χ1n) is 15.9. The minimum absolute atomic E-state index is 0.0288. The van der Waals surface area contributed by atoms with E-state index in [0.717, 1.165) is 17.4 Å². The zero-order valence-corrected chi connectivity index (χ0v) is 28.8. The van der Waals surface area contributed by atoms with Crippen LogP contribution in [0.25, 0.3) is 0 Å². The van der Waals surface area contributed by atoms with Gasteiger partial charge in [-0.3, -0.25) is 10.1 Å². The number of nitrogens with one attached hydrogen (secondary N) is 2. The number of hydrogen-bond donors (Lipinski definition) is 3. The lowest BCUT2D eigenvalue weighted by molar-refractivity contribution is -0.159. The molecule has 4 N–H and O–H groups in total. The summed E-state index contributed by atoms with van der Waals surface area (Å²) in [5, 5.41) is 5.35. The first-order valence-corrected chi connectivity index (χ1v) is 17.8. The van der Waals surface area contributed by atoms with Crippen molar-refractivity contribution in [2.24, 2.45) is 11.7 Å². The largest absolute Gasteiger partial charge is 0.459 e.